The van der Waals surface area contributed by atoms with Gasteiger partial charge >= 0.3 is 12.1 Å². The van der Waals surface area contributed by atoms with E-state index in [0.29, 0.717) is 23.2 Å². The molecule has 0 radical (unpaired) electrons. The Bertz CT molecular complexity index is 638. The van der Waals surface area contributed by atoms with Gasteiger partial charge in [0, 0.05) is 0 Å². The van der Waals surface area contributed by atoms with Crippen LogP contribution in [0.2, 0.25) is 5.15 Å². The minimum Gasteiger partial charge on any atom is -0.469 e. The number of methoxy groups -OCH3 is 1. The van der Waals surface area contributed by atoms with Crippen molar-refractivity contribution in [1.29, 1.82) is 0 Å². The number of nitrogens with one attached hydrogen (secondary N) is 1. The molecule has 1 amide bonds. The molecule has 1 aromatic heterocycles. The summed E-state index contributed by atoms with van der Waals surface area (Å²) >= 11 is 5.99. The van der Waals surface area contributed by atoms with Gasteiger partial charge in [0.2, 0.25) is 0 Å². The van der Waals surface area contributed by atoms with Crippen LogP contribution in [0.4, 0.5) is 4.79 Å². The summed E-state index contributed by atoms with van der Waals surface area (Å²) in [5.74, 6) is -0.0356. The number of halogens is 1. The second-order valence-electron chi connectivity index (χ2n) is 7.27. The van der Waals surface area contributed by atoms with Crippen LogP contribution in [-0.2, 0) is 27.2 Å². The van der Waals surface area contributed by atoms with Gasteiger partial charge in [-0.1, -0.05) is 17.7 Å². The molecule has 138 valence electrons. The Morgan fingerprint density at radius 1 is 1.36 bits per heavy atom. The zero-order chi connectivity index (χ0) is 18.6. The van der Waals surface area contributed by atoms with Crippen molar-refractivity contribution in [2.24, 2.45) is 11.8 Å². The van der Waals surface area contributed by atoms with Crippen molar-refractivity contribution >= 4 is 23.7 Å². The first-order valence-corrected chi connectivity index (χ1v) is 8.76. The highest BCUT2D eigenvalue weighted by atomic mass is 35.5. The van der Waals surface area contributed by atoms with Crippen molar-refractivity contribution in [2.75, 3.05) is 7.11 Å². The molecule has 2 rings (SSSR count). The summed E-state index contributed by atoms with van der Waals surface area (Å²) in [5, 5.41) is 3.02. The van der Waals surface area contributed by atoms with Crippen molar-refractivity contribution in [2.45, 2.75) is 52.2 Å². The van der Waals surface area contributed by atoms with E-state index in [0.717, 1.165) is 18.4 Å². The van der Waals surface area contributed by atoms with Crippen LogP contribution in [0, 0.1) is 11.8 Å². The number of alkyl carbamates (subject to hydrolysis) is 1. The molecule has 0 aliphatic heterocycles. The maximum atomic E-state index is 12.0. The Morgan fingerprint density at radius 2 is 2.04 bits per heavy atom. The average molecular weight is 369 g/mol. The summed E-state index contributed by atoms with van der Waals surface area (Å²) in [5.41, 5.74) is 0.937. The van der Waals surface area contributed by atoms with E-state index in [4.69, 9.17) is 21.1 Å². The lowest BCUT2D eigenvalue weighted by atomic mass is 9.94. The van der Waals surface area contributed by atoms with Crippen LogP contribution in [0.1, 0.15) is 44.9 Å². The van der Waals surface area contributed by atoms with E-state index in [1.54, 1.807) is 26.8 Å². The Labute approximate surface area is 153 Å². The van der Waals surface area contributed by atoms with Gasteiger partial charge in [-0.15, -0.1) is 0 Å². The first kappa shape index (κ1) is 19.5. The second-order valence-corrected chi connectivity index (χ2v) is 7.65. The summed E-state index contributed by atoms with van der Waals surface area (Å²) in [4.78, 5) is 28.2. The molecular formula is C18H25ClN2O4. The molecule has 1 aliphatic rings. The molecule has 0 saturated heterocycles. The van der Waals surface area contributed by atoms with Gasteiger partial charge in [0.05, 0.1) is 25.3 Å². The number of carbonyl (C=O) groups is 2. The summed E-state index contributed by atoms with van der Waals surface area (Å²) in [6.45, 7) is 5.58. The molecule has 1 saturated carbocycles. The Morgan fingerprint density at radius 3 is 2.60 bits per heavy atom. The number of aromatic nitrogens is 1. The standard InChI is InChI=1S/C18H25ClN2O4/c1-18(2,3)25-17(23)20-10-14-12(7-8-15(19)21-14)9-13(11-5-6-11)16(22)24-4/h7-8,11,13H,5-6,9-10H2,1-4H3,(H,20,23). The smallest absolute Gasteiger partial charge is 0.407 e. The molecular weight excluding hydrogens is 344 g/mol. The lowest BCUT2D eigenvalue weighted by molar-refractivity contribution is -0.146. The fraction of sp³-hybridized carbons (Fsp3) is 0.611. The predicted molar refractivity (Wildman–Crippen MR) is 94.3 cm³/mol. The molecule has 0 aromatic carbocycles. The highest BCUT2D eigenvalue weighted by Gasteiger charge is 2.37. The lowest BCUT2D eigenvalue weighted by Crippen LogP contribution is -2.32. The number of rotatable bonds is 6. The van der Waals surface area contributed by atoms with E-state index in [1.165, 1.54) is 7.11 Å². The van der Waals surface area contributed by atoms with Crippen LogP contribution in [0.15, 0.2) is 12.1 Å². The monoisotopic (exact) mass is 368 g/mol. The van der Waals surface area contributed by atoms with E-state index in [-0.39, 0.29) is 18.4 Å². The third-order valence-corrected chi connectivity index (χ3v) is 4.18. The number of hydrogen-bond acceptors (Lipinski definition) is 5. The Balaban J connectivity index is 2.08. The topological polar surface area (TPSA) is 77.5 Å². The molecule has 1 aliphatic carbocycles. The normalized spacial score (nSPS) is 15.4. The molecule has 7 heteroatoms. The molecule has 1 N–H and O–H groups in total. The fourth-order valence-corrected chi connectivity index (χ4v) is 2.81. The Kier molecular flexibility index (Phi) is 6.27. The molecule has 6 nitrogen and oxygen atoms in total. The minimum absolute atomic E-state index is 0.184. The van der Waals surface area contributed by atoms with Gasteiger partial charge in [-0.05, 0) is 57.6 Å². The summed E-state index contributed by atoms with van der Waals surface area (Å²) in [6, 6.07) is 3.54. The van der Waals surface area contributed by atoms with Crippen LogP contribution in [0.3, 0.4) is 0 Å². The zero-order valence-corrected chi connectivity index (χ0v) is 15.9. The van der Waals surface area contributed by atoms with Crippen LogP contribution in [-0.4, -0.2) is 29.8 Å². The maximum Gasteiger partial charge on any atom is 0.407 e. The van der Waals surface area contributed by atoms with Gasteiger partial charge < -0.3 is 14.8 Å². The predicted octanol–water partition coefficient (Wildman–Crippen LogP) is 3.50. The highest BCUT2D eigenvalue weighted by Crippen LogP contribution is 2.39. The lowest BCUT2D eigenvalue weighted by Gasteiger charge is -2.20. The van der Waals surface area contributed by atoms with E-state index in [9.17, 15) is 9.59 Å². The summed E-state index contributed by atoms with van der Waals surface area (Å²) in [7, 11) is 1.41. The van der Waals surface area contributed by atoms with E-state index >= 15 is 0 Å². The SMILES string of the molecule is COC(=O)C(Cc1ccc(Cl)nc1CNC(=O)OC(C)(C)C)C1CC1. The van der Waals surface area contributed by atoms with Crippen molar-refractivity contribution < 1.29 is 19.1 Å². The number of carbonyl (C=O) groups excluding carboxylic acids is 2. The van der Waals surface area contributed by atoms with Gasteiger partial charge in [-0.3, -0.25) is 4.79 Å². The van der Waals surface area contributed by atoms with Gasteiger partial charge in [-0.25, -0.2) is 9.78 Å². The largest absolute Gasteiger partial charge is 0.469 e. The van der Waals surface area contributed by atoms with Crippen molar-refractivity contribution in [3.8, 4) is 0 Å². The highest BCUT2D eigenvalue weighted by molar-refractivity contribution is 6.29. The number of pyridine rings is 1. The van der Waals surface area contributed by atoms with Crippen molar-refractivity contribution in [1.82, 2.24) is 10.3 Å². The number of nitrogens with zero attached hydrogens (tertiary/aromatic N) is 1. The summed E-state index contributed by atoms with van der Waals surface area (Å²) < 4.78 is 10.2. The Hall–Kier alpha value is -1.82. The van der Waals surface area contributed by atoms with Gasteiger partial charge in [0.25, 0.3) is 0 Å². The van der Waals surface area contributed by atoms with Crippen molar-refractivity contribution in [3.63, 3.8) is 0 Å². The van der Waals surface area contributed by atoms with E-state index in [1.807, 2.05) is 6.07 Å². The van der Waals surface area contributed by atoms with E-state index in [2.05, 4.69) is 10.3 Å². The van der Waals surface area contributed by atoms with Crippen LogP contribution >= 0.6 is 11.6 Å². The molecule has 1 unspecified atom stereocenters. The molecule has 25 heavy (non-hydrogen) atoms. The fourth-order valence-electron chi connectivity index (χ4n) is 2.64. The molecule has 0 bridgehead atoms. The quantitative estimate of drug-likeness (QED) is 0.614. The number of hydrogen-bond donors (Lipinski definition) is 1. The first-order chi connectivity index (χ1) is 11.7. The van der Waals surface area contributed by atoms with E-state index < -0.39 is 11.7 Å². The molecule has 0 spiro atoms. The zero-order valence-electron chi connectivity index (χ0n) is 15.1. The molecule has 1 atom stereocenters. The third kappa shape index (κ3) is 6.20. The third-order valence-electron chi connectivity index (χ3n) is 3.97. The van der Waals surface area contributed by atoms with Gasteiger partial charge in [-0.2, -0.15) is 0 Å². The number of amides is 1. The second kappa shape index (κ2) is 8.04. The molecule has 1 heterocycles. The maximum absolute atomic E-state index is 12.0. The van der Waals surface area contributed by atoms with Crippen LogP contribution in [0.25, 0.3) is 0 Å². The first-order valence-electron chi connectivity index (χ1n) is 8.38. The van der Waals surface area contributed by atoms with Gasteiger partial charge in [0.15, 0.2) is 0 Å². The summed E-state index contributed by atoms with van der Waals surface area (Å²) in [6.07, 6.45) is 2.07. The van der Waals surface area contributed by atoms with Crippen molar-refractivity contribution in [3.05, 3.63) is 28.5 Å². The van der Waals surface area contributed by atoms with Crippen LogP contribution in [0.5, 0.6) is 0 Å². The number of ether oxygens (including phenoxy) is 2. The number of esters is 1. The average Bonchev–Trinajstić information content (AvgIpc) is 3.34. The van der Waals surface area contributed by atoms with Gasteiger partial charge in [0.1, 0.15) is 10.8 Å². The van der Waals surface area contributed by atoms with Crippen LogP contribution < -0.4 is 5.32 Å². The molecule has 1 fully saturated rings. The minimum atomic E-state index is -0.573. The molecule has 1 aromatic rings.